The number of carbonyl (C=O) groups excluding carboxylic acids is 8. The summed E-state index contributed by atoms with van der Waals surface area (Å²) in [4.78, 5) is 116. The molecule has 462 valence electrons. The van der Waals surface area contributed by atoms with Gasteiger partial charge in [-0.25, -0.2) is 0 Å². The first kappa shape index (κ1) is 67.7. The Labute approximate surface area is 487 Å². The van der Waals surface area contributed by atoms with Crippen LogP contribution in [0.1, 0.15) is 135 Å². The average Bonchev–Trinajstić information content (AvgIpc) is 3.87. The van der Waals surface area contributed by atoms with Crippen molar-refractivity contribution in [1.29, 1.82) is 0 Å². The maximum absolute atomic E-state index is 14.8. The minimum Gasteiger partial charge on any atom is -0.508 e. The highest BCUT2D eigenvalue weighted by Crippen LogP contribution is 2.34. The van der Waals surface area contributed by atoms with Gasteiger partial charge in [0.2, 0.25) is 47.3 Å². The Morgan fingerprint density at radius 2 is 1.34 bits per heavy atom. The molecule has 0 aromatic heterocycles. The van der Waals surface area contributed by atoms with Gasteiger partial charge in [0.25, 0.3) is 0 Å². The van der Waals surface area contributed by atoms with Gasteiger partial charge in [-0.1, -0.05) is 101 Å². The van der Waals surface area contributed by atoms with E-state index in [9.17, 15) is 79.2 Å². The number of aryl methyl sites for hydroxylation is 1. The number of nitrogens with one attached hydrogen (secondary N) is 5. The molecule has 0 bridgehead atoms. The molecule has 25 heteroatoms. The average molecular weight is 1190 g/mol. The maximum Gasteiger partial charge on any atom is 0.248 e. The molecule has 2 aromatic rings. The van der Waals surface area contributed by atoms with Gasteiger partial charge in [0.15, 0.2) is 0 Å². The van der Waals surface area contributed by atoms with Crippen molar-refractivity contribution >= 4 is 63.6 Å². The van der Waals surface area contributed by atoms with E-state index in [0.29, 0.717) is 29.6 Å². The van der Waals surface area contributed by atoms with Crippen LogP contribution in [0.4, 0.5) is 0 Å². The Bertz CT molecular complexity index is 2560. The van der Waals surface area contributed by atoms with Gasteiger partial charge >= 0.3 is 0 Å². The third-order valence-corrected chi connectivity index (χ3v) is 17.8. The molecular formula is C58H88N8O16S. The van der Waals surface area contributed by atoms with Gasteiger partial charge < -0.3 is 83.0 Å². The van der Waals surface area contributed by atoms with Crippen molar-refractivity contribution in [2.75, 3.05) is 13.1 Å². The maximum atomic E-state index is 14.8. The largest absolute Gasteiger partial charge is 0.508 e. The Balaban J connectivity index is 1.57. The molecule has 3 fully saturated rings. The monoisotopic (exact) mass is 1180 g/mol. The molecule has 0 aliphatic carbocycles. The number of primary amides is 1. The van der Waals surface area contributed by atoms with Crippen molar-refractivity contribution in [2.45, 2.75) is 214 Å². The molecule has 3 aliphatic rings. The summed E-state index contributed by atoms with van der Waals surface area (Å²) >= 11 is 0. The zero-order valence-electron chi connectivity index (χ0n) is 48.1. The number of benzene rings is 2. The van der Waals surface area contributed by atoms with Crippen LogP contribution >= 0.6 is 10.5 Å². The van der Waals surface area contributed by atoms with Crippen LogP contribution in [-0.4, -0.2) is 195 Å². The molecule has 8 amide bonds. The SMILES string of the molecule is C=S(c1ccc(C)cc1)[C@H]1NC(=O)[C@@H]2[C@@H](O)CCN2C(=O)[C@H]([C@H](O)CC(N)=O)NC(=O)[C@H]([C@H](O)[C@@H](O)c2ccc(O)cc2)NC(=O)[C@@H]2C[C@@H](O)CN2C(=O)[C@H]([C@@H](C)O)NC(=O)[C@@H](NC(=O)CCCCCCCCC(C)CC(C)CC)C[C@H]1O. The third kappa shape index (κ3) is 19.0. The molecule has 0 saturated carbocycles. The molecule has 0 spiro atoms. The second kappa shape index (κ2) is 31.7. The van der Waals surface area contributed by atoms with Gasteiger partial charge in [0.05, 0.1) is 42.3 Å². The van der Waals surface area contributed by atoms with Crippen LogP contribution in [0, 0.1) is 18.8 Å². The summed E-state index contributed by atoms with van der Waals surface area (Å²) in [5.74, 6) is -3.78. The van der Waals surface area contributed by atoms with E-state index in [1.807, 2.05) is 6.92 Å². The zero-order valence-corrected chi connectivity index (χ0v) is 48.9. The molecule has 5 rings (SSSR count). The fourth-order valence-corrected chi connectivity index (χ4v) is 12.4. The van der Waals surface area contributed by atoms with E-state index in [0.717, 1.165) is 72.9 Å². The number of nitrogens with zero attached hydrogens (tertiary/aromatic N) is 2. The molecule has 0 radical (unpaired) electrons. The number of aliphatic hydroxyl groups is 7. The van der Waals surface area contributed by atoms with E-state index in [-0.39, 0.29) is 24.2 Å². The Hall–Kier alpha value is -6.06. The van der Waals surface area contributed by atoms with E-state index in [2.05, 4.69) is 53.2 Å². The lowest BCUT2D eigenvalue weighted by atomic mass is 9.91. The van der Waals surface area contributed by atoms with E-state index in [1.165, 1.54) is 18.6 Å². The van der Waals surface area contributed by atoms with Crippen LogP contribution in [0.3, 0.4) is 0 Å². The molecule has 3 unspecified atom stereocenters. The van der Waals surface area contributed by atoms with E-state index in [4.69, 9.17) is 5.73 Å². The van der Waals surface area contributed by atoms with Gasteiger partial charge in [-0.2, -0.15) is 0 Å². The second-order valence-electron chi connectivity index (χ2n) is 22.8. The van der Waals surface area contributed by atoms with Crippen molar-refractivity contribution in [3.8, 4) is 5.75 Å². The Morgan fingerprint density at radius 3 is 1.96 bits per heavy atom. The molecular weight excluding hydrogens is 1100 g/mol. The number of hydrogen-bond donors (Lipinski definition) is 14. The first-order valence-electron chi connectivity index (χ1n) is 28.8. The normalized spacial score (nSPS) is 27.7. The van der Waals surface area contributed by atoms with E-state index >= 15 is 0 Å². The summed E-state index contributed by atoms with van der Waals surface area (Å²) < 4.78 is 0. The molecule has 83 heavy (non-hydrogen) atoms. The lowest BCUT2D eigenvalue weighted by molar-refractivity contribution is -0.148. The summed E-state index contributed by atoms with van der Waals surface area (Å²) in [6, 6.07) is -0.220. The van der Waals surface area contributed by atoms with E-state index < -0.39 is 174 Å². The van der Waals surface area contributed by atoms with Gasteiger partial charge in [-0.15, -0.1) is 10.5 Å². The summed E-state index contributed by atoms with van der Waals surface area (Å²) in [5, 5.41) is 101. The summed E-state index contributed by atoms with van der Waals surface area (Å²) in [6.45, 7) is 8.72. The number of nitrogens with two attached hydrogens (primary N) is 1. The number of aromatic hydroxyl groups is 1. The summed E-state index contributed by atoms with van der Waals surface area (Å²) in [6.07, 6.45) is -7.12. The Kier molecular flexibility index (Phi) is 25.9. The minimum atomic E-state index is -2.36. The van der Waals surface area contributed by atoms with Crippen LogP contribution in [0.25, 0.3) is 0 Å². The van der Waals surface area contributed by atoms with Crippen molar-refractivity contribution in [2.24, 2.45) is 17.6 Å². The highest BCUT2D eigenvalue weighted by molar-refractivity contribution is 8.14. The smallest absolute Gasteiger partial charge is 0.248 e. The van der Waals surface area contributed by atoms with Crippen molar-refractivity contribution in [3.05, 3.63) is 59.7 Å². The Morgan fingerprint density at radius 1 is 0.735 bits per heavy atom. The predicted octanol–water partition coefficient (Wildman–Crippen LogP) is -0.265. The summed E-state index contributed by atoms with van der Waals surface area (Å²) in [5.41, 5.74) is 6.18. The molecule has 3 heterocycles. The van der Waals surface area contributed by atoms with Crippen LogP contribution in [0.5, 0.6) is 5.75 Å². The third-order valence-electron chi connectivity index (χ3n) is 15.9. The lowest BCUT2D eigenvalue weighted by Crippen LogP contribution is -2.64. The quantitative estimate of drug-likeness (QED) is 0.0533. The predicted molar refractivity (Wildman–Crippen MR) is 307 cm³/mol. The van der Waals surface area contributed by atoms with Gasteiger partial charge in [0, 0.05) is 37.2 Å². The van der Waals surface area contributed by atoms with Gasteiger partial charge in [-0.3, -0.25) is 38.4 Å². The van der Waals surface area contributed by atoms with Crippen molar-refractivity contribution < 1.29 is 79.2 Å². The topological polar surface area (TPSA) is 391 Å². The number of unbranched alkanes of at least 4 members (excludes halogenated alkanes) is 5. The first-order valence-corrected chi connectivity index (χ1v) is 30.2. The van der Waals surface area contributed by atoms with Crippen molar-refractivity contribution in [1.82, 2.24) is 36.4 Å². The van der Waals surface area contributed by atoms with Gasteiger partial charge in [0.1, 0.15) is 54.2 Å². The highest BCUT2D eigenvalue weighted by atomic mass is 32.2. The molecule has 2 aromatic carbocycles. The fraction of sp³-hybridized carbons (Fsp3) is 0.638. The zero-order chi connectivity index (χ0) is 61.4. The van der Waals surface area contributed by atoms with Crippen LogP contribution in [-0.2, 0) is 38.4 Å². The van der Waals surface area contributed by atoms with Crippen LogP contribution < -0.4 is 32.3 Å². The molecule has 15 N–H and O–H groups in total. The molecule has 24 nitrogen and oxygen atoms in total. The van der Waals surface area contributed by atoms with E-state index in [1.54, 1.807) is 24.3 Å². The number of amides is 8. The number of hydrogen-bond acceptors (Lipinski definition) is 16. The van der Waals surface area contributed by atoms with Crippen molar-refractivity contribution in [3.63, 3.8) is 0 Å². The number of phenolic OH excluding ortho intramolecular Hbond substituents is 1. The number of carbonyl (C=O) groups is 8. The molecule has 3 saturated heterocycles. The molecule has 17 atom stereocenters. The minimum absolute atomic E-state index is 0.0478. The number of phenols is 1. The number of fused-ring (bicyclic) bond motifs is 2. The standard InChI is InChI=1S/C58H88N8O16S/c1-7-31(2)26-33(4)14-12-10-8-9-11-13-15-45(74)60-39-28-43(72)56(83(6)38-22-16-32(3)17-23-38)64-55(80)49-41(70)24-25-65(49)58(82)47(42(71)29-44(59)73)62-54(79)48(51(76)50(75)35-18-20-36(68)21-19-35)63-53(78)40-27-37(69)30-66(40)57(81)46(34(5)67)61-52(39)77/h16-23,31,33-34,37,39-43,46-51,56,67-72,75-76H,6-15,24-30H2,1-5H3,(H2,59,73)(H,60,74)(H,61,77)(H,62,79)(H,63,78)(H,64,80)/t31?,33?,34-,37-,39+,40+,41+,42-,43-,46+,47+,48+,49+,50+,51+,56-,83?/m1/s1. The van der Waals surface area contributed by atoms with Gasteiger partial charge in [-0.05, 0) is 74.8 Å². The number of rotatable bonds is 22. The lowest BCUT2D eigenvalue weighted by Gasteiger charge is -2.35. The second-order valence-corrected chi connectivity index (χ2v) is 24.6. The molecule has 3 aliphatic heterocycles. The fourth-order valence-electron chi connectivity index (χ4n) is 10.9. The van der Waals surface area contributed by atoms with Crippen LogP contribution in [0.2, 0.25) is 0 Å². The summed E-state index contributed by atoms with van der Waals surface area (Å²) in [7, 11) is -1.44. The number of aliphatic hydroxyl groups excluding tert-OH is 7. The highest BCUT2D eigenvalue weighted by Gasteiger charge is 2.49. The van der Waals surface area contributed by atoms with Crippen LogP contribution in [0.15, 0.2) is 53.4 Å². The first-order chi connectivity index (χ1) is 39.2.